The first kappa shape index (κ1) is 14.3. The quantitative estimate of drug-likeness (QED) is 0.913. The monoisotopic (exact) mass is 303 g/mol. The normalized spacial score (nSPS) is 16.9. The Morgan fingerprint density at radius 2 is 2.14 bits per heavy atom. The zero-order valence-electron chi connectivity index (χ0n) is 11.6. The van der Waals surface area contributed by atoms with Crippen LogP contribution in [0.15, 0.2) is 34.9 Å². The van der Waals surface area contributed by atoms with Crippen molar-refractivity contribution >= 4 is 11.9 Å². The third kappa shape index (κ3) is 2.59. The molecule has 0 fully saturated rings. The molecule has 1 aliphatic carbocycles. The van der Waals surface area contributed by atoms with Crippen molar-refractivity contribution in [2.45, 2.75) is 25.3 Å². The Bertz CT molecular complexity index is 737. The molecule has 22 heavy (non-hydrogen) atoms. The molecule has 1 aliphatic rings. The third-order valence-corrected chi connectivity index (χ3v) is 3.82. The van der Waals surface area contributed by atoms with Gasteiger partial charge in [0.2, 0.25) is 0 Å². The topological polar surface area (TPSA) is 79.5 Å². The lowest BCUT2D eigenvalue weighted by atomic mass is 9.93. The van der Waals surface area contributed by atoms with Crippen LogP contribution in [-0.4, -0.2) is 17.0 Å². The van der Waals surface area contributed by atoms with E-state index < -0.39 is 17.7 Å². The first-order valence-electron chi connectivity index (χ1n) is 6.96. The minimum Gasteiger partial charge on any atom is -0.478 e. The average molecular weight is 303 g/mol. The van der Waals surface area contributed by atoms with Gasteiger partial charge in [-0.25, -0.2) is 9.18 Å². The molecule has 0 aliphatic heterocycles. The van der Waals surface area contributed by atoms with Gasteiger partial charge in [-0.15, -0.1) is 0 Å². The highest BCUT2D eigenvalue weighted by atomic mass is 19.1. The summed E-state index contributed by atoms with van der Waals surface area (Å²) in [5.74, 6) is -1.80. The van der Waals surface area contributed by atoms with E-state index in [4.69, 9.17) is 9.52 Å². The highest BCUT2D eigenvalue weighted by Gasteiger charge is 2.25. The molecule has 0 radical (unpaired) electrons. The Hall–Kier alpha value is -2.63. The number of aryl methyl sites for hydroxylation is 1. The predicted octanol–water partition coefficient (Wildman–Crippen LogP) is 2.92. The van der Waals surface area contributed by atoms with Gasteiger partial charge in [0.05, 0.1) is 23.4 Å². The maximum atomic E-state index is 13.9. The minimum absolute atomic E-state index is 0.166. The number of nitrogens with one attached hydrogen (secondary N) is 1. The number of rotatable bonds is 3. The summed E-state index contributed by atoms with van der Waals surface area (Å²) in [6, 6.07) is 4.84. The first-order valence-corrected chi connectivity index (χ1v) is 6.96. The second-order valence-corrected chi connectivity index (χ2v) is 5.22. The average Bonchev–Trinajstić information content (AvgIpc) is 2.96. The van der Waals surface area contributed by atoms with E-state index in [1.54, 1.807) is 6.26 Å². The molecule has 1 heterocycles. The number of fused-ring (bicyclic) bond motifs is 1. The van der Waals surface area contributed by atoms with E-state index in [9.17, 15) is 14.0 Å². The fraction of sp³-hybridized carbons (Fsp3) is 0.250. The molecule has 3 rings (SSSR count). The second-order valence-electron chi connectivity index (χ2n) is 5.22. The molecule has 114 valence electrons. The number of amides is 1. The van der Waals surface area contributed by atoms with Gasteiger partial charge in [-0.2, -0.15) is 0 Å². The first-order chi connectivity index (χ1) is 10.6. The molecule has 1 atom stereocenters. The summed E-state index contributed by atoms with van der Waals surface area (Å²) >= 11 is 0. The molecule has 0 saturated carbocycles. The number of benzene rings is 1. The Balaban J connectivity index is 1.80. The van der Waals surface area contributed by atoms with E-state index in [2.05, 4.69) is 5.32 Å². The zero-order valence-corrected chi connectivity index (χ0v) is 11.6. The molecule has 0 spiro atoms. The number of hydrogen-bond acceptors (Lipinski definition) is 3. The highest BCUT2D eigenvalue weighted by molar-refractivity contribution is 5.96. The maximum Gasteiger partial charge on any atom is 0.335 e. The molecule has 1 aromatic carbocycles. The number of carbonyl (C=O) groups excluding carboxylic acids is 1. The van der Waals surface area contributed by atoms with Gasteiger partial charge >= 0.3 is 5.97 Å². The maximum absolute atomic E-state index is 13.9. The van der Waals surface area contributed by atoms with Crippen LogP contribution in [0.3, 0.4) is 0 Å². The molecule has 2 N–H and O–H groups in total. The van der Waals surface area contributed by atoms with Crippen molar-refractivity contribution in [1.82, 2.24) is 5.32 Å². The number of carboxylic acids is 1. The van der Waals surface area contributed by atoms with Crippen LogP contribution in [0.4, 0.5) is 4.39 Å². The highest BCUT2D eigenvalue weighted by Crippen LogP contribution is 2.30. The number of hydrogen-bond donors (Lipinski definition) is 2. The van der Waals surface area contributed by atoms with Crippen molar-refractivity contribution in [3.63, 3.8) is 0 Å². The predicted molar refractivity (Wildman–Crippen MR) is 75.2 cm³/mol. The van der Waals surface area contributed by atoms with Crippen LogP contribution in [0.2, 0.25) is 0 Å². The van der Waals surface area contributed by atoms with Crippen LogP contribution in [-0.2, 0) is 6.42 Å². The standard InChI is InChI=1S/C16H14FNO4/c17-12-8-9(16(20)21)4-5-10(12)15(19)18-13-2-1-3-14-11(13)6-7-22-14/h4-8,13H,1-3H2,(H,18,19)(H,20,21). The summed E-state index contributed by atoms with van der Waals surface area (Å²) in [7, 11) is 0. The number of carboxylic acid groups (broad SMARTS) is 1. The van der Waals surface area contributed by atoms with Crippen molar-refractivity contribution in [2.75, 3.05) is 0 Å². The van der Waals surface area contributed by atoms with Crippen LogP contribution < -0.4 is 5.32 Å². The molecule has 1 unspecified atom stereocenters. The lowest BCUT2D eigenvalue weighted by Gasteiger charge is -2.22. The van der Waals surface area contributed by atoms with E-state index in [-0.39, 0.29) is 17.2 Å². The van der Waals surface area contributed by atoms with E-state index in [1.165, 1.54) is 12.1 Å². The van der Waals surface area contributed by atoms with Crippen LogP contribution >= 0.6 is 0 Å². The molecule has 1 amide bonds. The fourth-order valence-electron chi connectivity index (χ4n) is 2.70. The summed E-state index contributed by atoms with van der Waals surface area (Å²) < 4.78 is 19.3. The molecular weight excluding hydrogens is 289 g/mol. The van der Waals surface area contributed by atoms with Gasteiger partial charge in [0, 0.05) is 12.0 Å². The van der Waals surface area contributed by atoms with Gasteiger partial charge in [-0.05, 0) is 37.1 Å². The third-order valence-electron chi connectivity index (χ3n) is 3.82. The van der Waals surface area contributed by atoms with E-state index in [0.717, 1.165) is 36.7 Å². The SMILES string of the molecule is O=C(O)c1ccc(C(=O)NC2CCCc3occc32)c(F)c1. The fourth-order valence-corrected chi connectivity index (χ4v) is 2.70. The van der Waals surface area contributed by atoms with E-state index >= 15 is 0 Å². The molecule has 2 aromatic rings. The van der Waals surface area contributed by atoms with Crippen molar-refractivity contribution < 1.29 is 23.5 Å². The summed E-state index contributed by atoms with van der Waals surface area (Å²) in [6.07, 6.45) is 4.05. The summed E-state index contributed by atoms with van der Waals surface area (Å²) in [4.78, 5) is 23.0. The number of halogens is 1. The Labute approximate surface area is 125 Å². The van der Waals surface area contributed by atoms with Gasteiger partial charge in [-0.1, -0.05) is 0 Å². The Kier molecular flexibility index (Phi) is 3.66. The van der Waals surface area contributed by atoms with Gasteiger partial charge in [0.15, 0.2) is 0 Å². The largest absolute Gasteiger partial charge is 0.478 e. The summed E-state index contributed by atoms with van der Waals surface area (Å²) in [5, 5.41) is 11.6. The van der Waals surface area contributed by atoms with Gasteiger partial charge in [0.25, 0.3) is 5.91 Å². The van der Waals surface area contributed by atoms with Crippen molar-refractivity contribution in [3.8, 4) is 0 Å². The Morgan fingerprint density at radius 1 is 1.32 bits per heavy atom. The van der Waals surface area contributed by atoms with Crippen molar-refractivity contribution in [3.05, 3.63) is 58.8 Å². The lowest BCUT2D eigenvalue weighted by Crippen LogP contribution is -2.31. The summed E-state index contributed by atoms with van der Waals surface area (Å²) in [5.41, 5.74) is 0.562. The van der Waals surface area contributed by atoms with Gasteiger partial charge in [-0.3, -0.25) is 4.79 Å². The molecule has 0 bridgehead atoms. The second kappa shape index (κ2) is 5.63. The lowest BCUT2D eigenvalue weighted by molar-refractivity contribution is 0.0695. The molecular formula is C16H14FNO4. The minimum atomic E-state index is -1.24. The number of carbonyl (C=O) groups is 2. The molecule has 5 nitrogen and oxygen atoms in total. The van der Waals surface area contributed by atoms with Gasteiger partial charge in [0.1, 0.15) is 11.6 Å². The van der Waals surface area contributed by atoms with Crippen molar-refractivity contribution in [2.24, 2.45) is 0 Å². The smallest absolute Gasteiger partial charge is 0.335 e. The molecule has 0 saturated heterocycles. The number of furan rings is 1. The van der Waals surface area contributed by atoms with E-state index in [0.29, 0.717) is 0 Å². The molecule has 6 heteroatoms. The Morgan fingerprint density at radius 3 is 2.86 bits per heavy atom. The number of aromatic carboxylic acids is 1. The van der Waals surface area contributed by atoms with E-state index in [1.807, 2.05) is 6.07 Å². The van der Waals surface area contributed by atoms with Crippen LogP contribution in [0.1, 0.15) is 50.9 Å². The molecule has 1 aromatic heterocycles. The van der Waals surface area contributed by atoms with Crippen LogP contribution in [0.25, 0.3) is 0 Å². The van der Waals surface area contributed by atoms with Crippen molar-refractivity contribution in [1.29, 1.82) is 0 Å². The van der Waals surface area contributed by atoms with Gasteiger partial charge < -0.3 is 14.8 Å². The zero-order chi connectivity index (χ0) is 15.7. The van der Waals surface area contributed by atoms with Crippen LogP contribution in [0, 0.1) is 5.82 Å². The summed E-state index contributed by atoms with van der Waals surface area (Å²) in [6.45, 7) is 0. The van der Waals surface area contributed by atoms with Crippen LogP contribution in [0.5, 0.6) is 0 Å².